The Morgan fingerprint density at radius 1 is 1.32 bits per heavy atom. The Labute approximate surface area is 146 Å². The molecule has 2 fully saturated rings. The van der Waals surface area contributed by atoms with Crippen molar-refractivity contribution in [1.82, 2.24) is 15.0 Å². The van der Waals surface area contributed by atoms with Crippen LogP contribution in [0.3, 0.4) is 0 Å². The SMILES string of the molecule is Cc1cc(C(=O)N2CCC(Oc3cccnc3N3CCCC3)C2)no1. The van der Waals surface area contributed by atoms with E-state index in [0.29, 0.717) is 24.5 Å². The number of carbonyl (C=O) groups is 1. The average Bonchev–Trinajstić information content (AvgIpc) is 3.36. The van der Waals surface area contributed by atoms with E-state index in [9.17, 15) is 4.79 Å². The maximum Gasteiger partial charge on any atom is 0.276 e. The molecule has 2 saturated heterocycles. The number of amides is 1. The quantitative estimate of drug-likeness (QED) is 0.849. The van der Waals surface area contributed by atoms with E-state index in [4.69, 9.17) is 9.26 Å². The molecule has 0 saturated carbocycles. The second-order valence-electron chi connectivity index (χ2n) is 6.62. The summed E-state index contributed by atoms with van der Waals surface area (Å²) in [6.07, 6.45) is 4.97. The molecule has 0 N–H and O–H groups in total. The van der Waals surface area contributed by atoms with E-state index in [1.165, 1.54) is 12.8 Å². The van der Waals surface area contributed by atoms with E-state index in [0.717, 1.165) is 31.1 Å². The Balaban J connectivity index is 1.42. The van der Waals surface area contributed by atoms with Crippen molar-refractivity contribution in [2.45, 2.75) is 32.3 Å². The number of pyridine rings is 1. The first-order valence-corrected chi connectivity index (χ1v) is 8.80. The zero-order chi connectivity index (χ0) is 17.2. The minimum Gasteiger partial charge on any atom is -0.485 e. The topological polar surface area (TPSA) is 71.7 Å². The van der Waals surface area contributed by atoms with Crippen molar-refractivity contribution in [2.75, 3.05) is 31.1 Å². The van der Waals surface area contributed by atoms with Gasteiger partial charge in [-0.05, 0) is 31.9 Å². The van der Waals surface area contributed by atoms with Crippen molar-refractivity contribution >= 4 is 11.7 Å². The van der Waals surface area contributed by atoms with Gasteiger partial charge in [-0.1, -0.05) is 5.16 Å². The van der Waals surface area contributed by atoms with Gasteiger partial charge < -0.3 is 19.1 Å². The molecule has 0 aromatic carbocycles. The Morgan fingerprint density at radius 2 is 2.16 bits per heavy atom. The molecule has 7 nitrogen and oxygen atoms in total. The molecular weight excluding hydrogens is 320 g/mol. The Morgan fingerprint density at radius 3 is 2.92 bits per heavy atom. The Bertz CT molecular complexity index is 754. The smallest absolute Gasteiger partial charge is 0.276 e. The first-order valence-electron chi connectivity index (χ1n) is 8.80. The molecule has 25 heavy (non-hydrogen) atoms. The van der Waals surface area contributed by atoms with Crippen molar-refractivity contribution in [1.29, 1.82) is 0 Å². The van der Waals surface area contributed by atoms with Crippen LogP contribution < -0.4 is 9.64 Å². The summed E-state index contributed by atoms with van der Waals surface area (Å²) in [6.45, 7) is 5.04. The molecule has 0 aliphatic carbocycles. The summed E-state index contributed by atoms with van der Waals surface area (Å²) in [5.74, 6) is 2.26. The monoisotopic (exact) mass is 342 g/mol. The predicted molar refractivity (Wildman–Crippen MR) is 91.9 cm³/mol. The second-order valence-corrected chi connectivity index (χ2v) is 6.62. The van der Waals surface area contributed by atoms with Gasteiger partial charge in [0, 0.05) is 38.3 Å². The van der Waals surface area contributed by atoms with Crippen LogP contribution in [0, 0.1) is 6.92 Å². The molecule has 7 heteroatoms. The van der Waals surface area contributed by atoms with Gasteiger partial charge in [-0.2, -0.15) is 0 Å². The van der Waals surface area contributed by atoms with Gasteiger partial charge in [0.1, 0.15) is 11.9 Å². The van der Waals surface area contributed by atoms with Crippen molar-refractivity contribution in [3.05, 3.63) is 35.9 Å². The van der Waals surface area contributed by atoms with Crippen LogP contribution in [-0.4, -0.2) is 53.2 Å². The zero-order valence-electron chi connectivity index (χ0n) is 14.4. The molecule has 1 atom stereocenters. The van der Waals surface area contributed by atoms with Gasteiger partial charge >= 0.3 is 0 Å². The summed E-state index contributed by atoms with van der Waals surface area (Å²) in [4.78, 5) is 21.0. The fraction of sp³-hybridized carbons (Fsp3) is 0.500. The van der Waals surface area contributed by atoms with Crippen molar-refractivity contribution in [3.63, 3.8) is 0 Å². The molecule has 4 rings (SSSR count). The molecule has 1 unspecified atom stereocenters. The second kappa shape index (κ2) is 6.74. The molecule has 0 spiro atoms. The molecule has 0 radical (unpaired) electrons. The molecule has 132 valence electrons. The van der Waals surface area contributed by atoms with Crippen LogP contribution in [0.5, 0.6) is 5.75 Å². The van der Waals surface area contributed by atoms with Gasteiger partial charge in [-0.15, -0.1) is 0 Å². The number of hydrogen-bond acceptors (Lipinski definition) is 6. The van der Waals surface area contributed by atoms with Crippen LogP contribution in [0.4, 0.5) is 5.82 Å². The summed E-state index contributed by atoms with van der Waals surface area (Å²) in [7, 11) is 0. The number of anilines is 1. The maximum absolute atomic E-state index is 12.5. The zero-order valence-corrected chi connectivity index (χ0v) is 14.4. The van der Waals surface area contributed by atoms with E-state index in [2.05, 4.69) is 15.0 Å². The number of rotatable bonds is 4. The van der Waals surface area contributed by atoms with Gasteiger partial charge in [0.2, 0.25) is 0 Å². The number of carbonyl (C=O) groups excluding carboxylic acids is 1. The molecule has 2 aromatic heterocycles. The van der Waals surface area contributed by atoms with Gasteiger partial charge in [0.25, 0.3) is 5.91 Å². The summed E-state index contributed by atoms with van der Waals surface area (Å²) in [5.41, 5.74) is 0.359. The minimum atomic E-state index is -0.103. The average molecular weight is 342 g/mol. The minimum absolute atomic E-state index is 0.0255. The van der Waals surface area contributed by atoms with Crippen molar-refractivity contribution in [2.24, 2.45) is 0 Å². The normalized spacial score (nSPS) is 20.3. The number of aromatic nitrogens is 2. The highest BCUT2D eigenvalue weighted by atomic mass is 16.5. The van der Waals surface area contributed by atoms with Crippen molar-refractivity contribution < 1.29 is 14.1 Å². The van der Waals surface area contributed by atoms with Crippen LogP contribution in [-0.2, 0) is 0 Å². The summed E-state index contributed by atoms with van der Waals surface area (Å²) >= 11 is 0. The predicted octanol–water partition coefficient (Wildman–Crippen LogP) is 2.27. The van der Waals surface area contributed by atoms with Gasteiger partial charge in [-0.25, -0.2) is 4.98 Å². The Kier molecular flexibility index (Phi) is 4.29. The van der Waals surface area contributed by atoms with E-state index in [1.54, 1.807) is 24.1 Å². The number of hydrogen-bond donors (Lipinski definition) is 0. The molecule has 4 heterocycles. The van der Waals surface area contributed by atoms with Gasteiger partial charge in [-0.3, -0.25) is 4.79 Å². The van der Waals surface area contributed by atoms with Gasteiger partial charge in [0.15, 0.2) is 17.3 Å². The fourth-order valence-electron chi connectivity index (χ4n) is 3.46. The van der Waals surface area contributed by atoms with Crippen LogP contribution in [0.2, 0.25) is 0 Å². The van der Waals surface area contributed by atoms with Crippen molar-refractivity contribution in [3.8, 4) is 5.75 Å². The maximum atomic E-state index is 12.5. The third-order valence-corrected chi connectivity index (χ3v) is 4.73. The van der Waals surface area contributed by atoms with Crippen LogP contribution in [0.15, 0.2) is 28.9 Å². The first kappa shape index (κ1) is 15.9. The highest BCUT2D eigenvalue weighted by molar-refractivity contribution is 5.92. The summed E-state index contributed by atoms with van der Waals surface area (Å²) in [5, 5.41) is 3.81. The third kappa shape index (κ3) is 3.31. The largest absolute Gasteiger partial charge is 0.485 e. The molecular formula is C18H22N4O3. The van der Waals surface area contributed by atoms with E-state index < -0.39 is 0 Å². The molecule has 2 aromatic rings. The first-order chi connectivity index (χ1) is 12.2. The lowest BCUT2D eigenvalue weighted by Gasteiger charge is -2.22. The number of nitrogens with zero attached hydrogens (tertiary/aromatic N) is 4. The van der Waals surface area contributed by atoms with E-state index in [1.807, 2.05) is 12.1 Å². The molecule has 1 amide bonds. The summed E-state index contributed by atoms with van der Waals surface area (Å²) in [6, 6.07) is 5.53. The van der Waals surface area contributed by atoms with Crippen LogP contribution in [0.1, 0.15) is 35.5 Å². The summed E-state index contributed by atoms with van der Waals surface area (Å²) < 4.78 is 11.2. The van der Waals surface area contributed by atoms with E-state index >= 15 is 0 Å². The standard InChI is InChI=1S/C18H22N4O3/c1-13-11-15(20-25-13)18(23)22-10-6-14(12-22)24-16-5-4-7-19-17(16)21-8-2-3-9-21/h4-5,7,11,14H,2-3,6,8-10,12H2,1H3. The number of likely N-dealkylation sites (tertiary alicyclic amines) is 1. The van der Waals surface area contributed by atoms with Crippen LogP contribution >= 0.6 is 0 Å². The molecule has 2 aliphatic rings. The lowest BCUT2D eigenvalue weighted by molar-refractivity contribution is 0.0762. The van der Waals surface area contributed by atoms with E-state index in [-0.39, 0.29) is 12.0 Å². The lowest BCUT2D eigenvalue weighted by atomic mass is 10.3. The number of aryl methyl sites for hydroxylation is 1. The fourth-order valence-corrected chi connectivity index (χ4v) is 3.46. The Hall–Kier alpha value is -2.57. The molecule has 2 aliphatic heterocycles. The molecule has 0 bridgehead atoms. The third-order valence-electron chi connectivity index (χ3n) is 4.73. The van der Waals surface area contributed by atoms with Crippen LogP contribution in [0.25, 0.3) is 0 Å². The van der Waals surface area contributed by atoms with Gasteiger partial charge in [0.05, 0.1) is 6.54 Å². The highest BCUT2D eigenvalue weighted by Gasteiger charge is 2.30. The highest BCUT2D eigenvalue weighted by Crippen LogP contribution is 2.30. The lowest BCUT2D eigenvalue weighted by Crippen LogP contribution is -2.31. The number of ether oxygens (including phenoxy) is 1.